The van der Waals surface area contributed by atoms with Crippen LogP contribution in [-0.2, 0) is 0 Å². The molecule has 4 rings (SSSR count). The lowest BCUT2D eigenvalue weighted by Gasteiger charge is -2.33. The molecule has 0 heteroatoms. The Labute approximate surface area is 473 Å². The van der Waals surface area contributed by atoms with E-state index in [0.717, 1.165) is 76.4 Å². The Morgan fingerprint density at radius 1 is 0.411 bits per heavy atom. The summed E-state index contributed by atoms with van der Waals surface area (Å²) in [4.78, 5) is 0. The molecule has 4 saturated carbocycles. The molecule has 0 radical (unpaired) electrons. The van der Waals surface area contributed by atoms with Gasteiger partial charge in [-0.15, -0.1) is 0 Å². The highest BCUT2D eigenvalue weighted by atomic mass is 14.3. The summed E-state index contributed by atoms with van der Waals surface area (Å²) in [5, 5.41) is 0. The van der Waals surface area contributed by atoms with Crippen molar-refractivity contribution in [2.45, 2.75) is 394 Å². The van der Waals surface area contributed by atoms with E-state index in [4.69, 9.17) is 0 Å². The summed E-state index contributed by atoms with van der Waals surface area (Å²) in [5.74, 6) is 11.5. The zero-order valence-corrected chi connectivity index (χ0v) is 58.4. The van der Waals surface area contributed by atoms with Gasteiger partial charge >= 0.3 is 0 Å². The molecule has 0 nitrogen and oxygen atoms in total. The van der Waals surface area contributed by atoms with E-state index in [1.165, 1.54) is 186 Å². The number of hydrogen-bond donors (Lipinski definition) is 0. The Morgan fingerprint density at radius 3 is 0.849 bits per heavy atom. The van der Waals surface area contributed by atoms with Crippen LogP contribution < -0.4 is 0 Å². The van der Waals surface area contributed by atoms with Crippen LogP contribution in [-0.4, -0.2) is 0 Å². The molecule has 0 N–H and O–H groups in total. The zero-order valence-electron chi connectivity index (χ0n) is 58.4. The lowest BCUT2D eigenvalue weighted by molar-refractivity contribution is 0.190. The SMILES string of the molecule is CC(C)CC(C)C.CC1(C)CCC1.CC1CC(C)C1.CC1CCCC1.CC1CC[C@H]1C.CCCC(C)(C)C.CCCCC(C)C.CCCCC(C)C.CCCCCCC.CCC[C@H](C)CC.CC[C@H](C)C(C)C. The van der Waals surface area contributed by atoms with Gasteiger partial charge in [-0.25, -0.2) is 0 Å². The van der Waals surface area contributed by atoms with E-state index in [9.17, 15) is 0 Å². The van der Waals surface area contributed by atoms with Crippen molar-refractivity contribution < 1.29 is 0 Å². The van der Waals surface area contributed by atoms with Gasteiger partial charge in [-0.05, 0) is 120 Å². The minimum Gasteiger partial charge on any atom is -0.0654 e. The first kappa shape index (κ1) is 86.9. The van der Waals surface area contributed by atoms with Gasteiger partial charge in [0.1, 0.15) is 0 Å². The van der Waals surface area contributed by atoms with Gasteiger partial charge in [0, 0.05) is 0 Å². The maximum Gasteiger partial charge on any atom is -0.0354 e. The van der Waals surface area contributed by atoms with E-state index in [-0.39, 0.29) is 0 Å². The van der Waals surface area contributed by atoms with E-state index in [2.05, 4.69) is 208 Å². The molecule has 4 atom stereocenters. The minimum atomic E-state index is 0.550. The molecule has 1 unspecified atom stereocenters. The second-order valence-electron chi connectivity index (χ2n) is 29.0. The van der Waals surface area contributed by atoms with Crippen LogP contribution in [0.15, 0.2) is 0 Å². The Hall–Kier alpha value is 0. The summed E-state index contributed by atoms with van der Waals surface area (Å²) in [7, 11) is 0. The minimum absolute atomic E-state index is 0.550. The Kier molecular flexibility index (Phi) is 72.9. The number of rotatable bonds is 18. The van der Waals surface area contributed by atoms with E-state index < -0.39 is 0 Å². The van der Waals surface area contributed by atoms with Gasteiger partial charge in [-0.3, -0.25) is 0 Å². The predicted molar refractivity (Wildman–Crippen MR) is 351 cm³/mol. The summed E-state index contributed by atoms with van der Waals surface area (Å²) in [6.45, 7) is 68.3. The van der Waals surface area contributed by atoms with E-state index in [0.29, 0.717) is 5.41 Å². The largest absolute Gasteiger partial charge is 0.0654 e. The summed E-state index contributed by atoms with van der Waals surface area (Å²) in [6, 6.07) is 0. The highest BCUT2D eigenvalue weighted by Crippen LogP contribution is 2.39. The molecule has 4 aliphatic carbocycles. The molecule has 0 amide bonds. The summed E-state index contributed by atoms with van der Waals surface area (Å²) in [5.41, 5.74) is 1.27. The van der Waals surface area contributed by atoms with E-state index in [1.54, 1.807) is 0 Å². The molecule has 0 bridgehead atoms. The van der Waals surface area contributed by atoms with Crippen LogP contribution in [0.5, 0.6) is 0 Å². The lowest BCUT2D eigenvalue weighted by atomic mass is 9.72. The van der Waals surface area contributed by atoms with Crippen molar-refractivity contribution in [2.24, 2.45) is 81.8 Å². The third-order valence-electron chi connectivity index (χ3n) is 15.7. The maximum absolute atomic E-state index is 2.34. The van der Waals surface area contributed by atoms with Crippen LogP contribution in [0.4, 0.5) is 0 Å². The maximum atomic E-state index is 2.34. The Morgan fingerprint density at radius 2 is 0.781 bits per heavy atom. The van der Waals surface area contributed by atoms with Crippen molar-refractivity contribution in [3.8, 4) is 0 Å². The monoisotopic (exact) mass is 1040 g/mol. The zero-order chi connectivity index (χ0) is 58.4. The Bertz CT molecular complexity index is 888. The molecule has 452 valence electrons. The van der Waals surface area contributed by atoms with E-state index in [1.807, 2.05) is 0 Å². The van der Waals surface area contributed by atoms with Crippen molar-refractivity contribution in [1.29, 1.82) is 0 Å². The first-order valence-corrected chi connectivity index (χ1v) is 33.8. The fraction of sp³-hybridized carbons (Fsp3) is 1.00. The molecule has 0 spiro atoms. The molecular weight excluding hydrogens is 877 g/mol. The first-order valence-electron chi connectivity index (χ1n) is 33.8. The van der Waals surface area contributed by atoms with Gasteiger partial charge in [0.15, 0.2) is 0 Å². The molecular formula is C73H160. The topological polar surface area (TPSA) is 0 Å². The van der Waals surface area contributed by atoms with Crippen LogP contribution in [0.25, 0.3) is 0 Å². The van der Waals surface area contributed by atoms with Gasteiger partial charge in [0.2, 0.25) is 0 Å². The van der Waals surface area contributed by atoms with Gasteiger partial charge in [-0.1, -0.05) is 355 Å². The normalized spacial score (nSPS) is 19.8. The average molecular weight is 1040 g/mol. The fourth-order valence-corrected chi connectivity index (χ4v) is 8.91. The van der Waals surface area contributed by atoms with Gasteiger partial charge in [0.25, 0.3) is 0 Å². The predicted octanol–water partition coefficient (Wildman–Crippen LogP) is 28.2. The standard InChI is InChI=1S/7C7H16.4C6H12/c1-6(2)5-7(3)4;1-5-6-7(2,3)4;1-5-7(4)6(2)3;2*1-4-5-6-7(2)3;1-4-6-7(3)5-2;1-3-5-7-6-4-2;1-5-3-6(2)4-5;1-6(2)4-3-5-6;1-5-3-4-6(5)2;1-6-4-2-3-5-6/h6-7H,5H2,1-4H3;5-6H2,1-4H3;6-7H,5H2,1-4H3;3*7H,4-6H2,1-3H3;3-7H2,1-2H3;5-6H,3-4H2,1-2H3;3-5H2,1-2H3;5-6H,3-4H2,1-2H3;6H,2-5H2,1H3/t;;7-;;;7-;;;;5-,6?;/m..0..1...1./s1. The highest BCUT2D eigenvalue weighted by Gasteiger charge is 2.25. The number of hydrogen-bond acceptors (Lipinski definition) is 0. The third-order valence-corrected chi connectivity index (χ3v) is 15.7. The highest BCUT2D eigenvalue weighted by molar-refractivity contribution is 4.77. The van der Waals surface area contributed by atoms with Gasteiger partial charge in [0.05, 0.1) is 0 Å². The van der Waals surface area contributed by atoms with Crippen molar-refractivity contribution in [3.05, 3.63) is 0 Å². The van der Waals surface area contributed by atoms with Crippen molar-refractivity contribution in [2.75, 3.05) is 0 Å². The summed E-state index contributed by atoms with van der Waals surface area (Å²) < 4.78 is 0. The van der Waals surface area contributed by atoms with Crippen LogP contribution in [0, 0.1) is 81.8 Å². The first-order chi connectivity index (χ1) is 33.8. The van der Waals surface area contributed by atoms with Crippen LogP contribution in [0.3, 0.4) is 0 Å². The fourth-order valence-electron chi connectivity index (χ4n) is 8.91. The van der Waals surface area contributed by atoms with Crippen molar-refractivity contribution >= 4 is 0 Å². The van der Waals surface area contributed by atoms with Crippen LogP contribution in [0.1, 0.15) is 394 Å². The van der Waals surface area contributed by atoms with Crippen molar-refractivity contribution in [1.82, 2.24) is 0 Å². The average Bonchev–Trinajstić information content (AvgIpc) is 3.78. The molecule has 0 heterocycles. The van der Waals surface area contributed by atoms with E-state index >= 15 is 0 Å². The summed E-state index contributed by atoms with van der Waals surface area (Å²) in [6.07, 6.45) is 40.9. The second-order valence-corrected chi connectivity index (χ2v) is 29.0. The van der Waals surface area contributed by atoms with Gasteiger partial charge in [-0.2, -0.15) is 0 Å². The molecule has 0 saturated heterocycles. The quantitative estimate of drug-likeness (QED) is 0.120. The third kappa shape index (κ3) is 88.9. The number of unbranched alkanes of at least 4 members (excludes halogenated alkanes) is 6. The second kappa shape index (κ2) is 61.2. The molecule has 4 aliphatic rings. The van der Waals surface area contributed by atoms with Crippen LogP contribution >= 0.6 is 0 Å². The Balaban J connectivity index is -0.000000131. The molecule has 0 aromatic rings. The van der Waals surface area contributed by atoms with Crippen LogP contribution in [0.2, 0.25) is 0 Å². The summed E-state index contributed by atoms with van der Waals surface area (Å²) >= 11 is 0. The smallest absolute Gasteiger partial charge is 0.0354 e. The molecule has 0 aromatic heterocycles. The molecule has 0 aliphatic heterocycles. The lowest BCUT2D eigenvalue weighted by Crippen LogP contribution is -2.20. The molecule has 4 fully saturated rings. The molecule has 73 heavy (non-hydrogen) atoms. The van der Waals surface area contributed by atoms with Gasteiger partial charge < -0.3 is 0 Å². The molecule has 0 aromatic carbocycles. The van der Waals surface area contributed by atoms with Crippen molar-refractivity contribution in [3.63, 3.8) is 0 Å².